The molecule has 0 atom stereocenters. The van der Waals surface area contributed by atoms with Gasteiger partial charge in [-0.3, -0.25) is 0 Å². The Morgan fingerprint density at radius 2 is 1.80 bits per heavy atom. The summed E-state index contributed by atoms with van der Waals surface area (Å²) in [6.45, 7) is 10.1. The molecule has 2 N–H and O–H groups in total. The number of rotatable bonds is 9. The highest BCUT2D eigenvalue weighted by molar-refractivity contribution is 7.89. The molecule has 0 heterocycles. The molecule has 0 amide bonds. The van der Waals surface area contributed by atoms with E-state index in [9.17, 15) is 8.42 Å². The Kier molecular flexibility index (Phi) is 8.92. The first-order valence-corrected chi connectivity index (χ1v) is 10.4. The van der Waals surface area contributed by atoms with Crippen molar-refractivity contribution in [3.05, 3.63) is 29.8 Å². The lowest BCUT2D eigenvalue weighted by atomic mass is 10.2. The normalized spacial score (nSPS) is 12.7. The summed E-state index contributed by atoms with van der Waals surface area (Å²) in [5, 5.41) is 6.50. The van der Waals surface area contributed by atoms with Crippen molar-refractivity contribution in [3.63, 3.8) is 0 Å². The molecule has 0 spiro atoms. The molecule has 142 valence electrons. The van der Waals surface area contributed by atoms with E-state index in [0.29, 0.717) is 11.4 Å². The summed E-state index contributed by atoms with van der Waals surface area (Å²) >= 11 is 0. The van der Waals surface area contributed by atoms with E-state index in [1.54, 1.807) is 19.2 Å². The molecule has 7 heteroatoms. The predicted molar refractivity (Wildman–Crippen MR) is 104 cm³/mol. The lowest BCUT2D eigenvalue weighted by Gasteiger charge is -2.21. The van der Waals surface area contributed by atoms with Gasteiger partial charge >= 0.3 is 0 Å². The highest BCUT2D eigenvalue weighted by atomic mass is 32.2. The number of hydrogen-bond donors (Lipinski definition) is 2. The van der Waals surface area contributed by atoms with Gasteiger partial charge in [0.05, 0.1) is 11.4 Å². The van der Waals surface area contributed by atoms with Crippen LogP contribution in [0.3, 0.4) is 0 Å². The minimum atomic E-state index is -3.44. The van der Waals surface area contributed by atoms with Crippen LogP contribution in [0.5, 0.6) is 0 Å². The molecule has 6 nitrogen and oxygen atoms in total. The standard InChI is InChI=1S/C18H32N4O2S/c1-6-8-13-20-18(19-7-2)21-14-16-9-11-17(12-10-16)25(23,24)22(5)15(3)4/h9-12,15H,6-8,13-14H2,1-5H3,(H2,19,20,21). The zero-order chi connectivity index (χ0) is 18.9. The molecular weight excluding hydrogens is 336 g/mol. The number of sulfonamides is 1. The number of benzene rings is 1. The minimum Gasteiger partial charge on any atom is -0.357 e. The van der Waals surface area contributed by atoms with Crippen LogP contribution in [0.1, 0.15) is 46.1 Å². The third-order valence-corrected chi connectivity index (χ3v) is 5.96. The molecule has 0 bridgehead atoms. The average molecular weight is 369 g/mol. The van der Waals surface area contributed by atoms with E-state index in [2.05, 4.69) is 22.5 Å². The van der Waals surface area contributed by atoms with Crippen LogP contribution >= 0.6 is 0 Å². The van der Waals surface area contributed by atoms with E-state index in [1.807, 2.05) is 32.9 Å². The summed E-state index contributed by atoms with van der Waals surface area (Å²) in [5.41, 5.74) is 0.971. The first kappa shape index (κ1) is 21.4. The van der Waals surface area contributed by atoms with Crippen molar-refractivity contribution in [2.75, 3.05) is 20.1 Å². The lowest BCUT2D eigenvalue weighted by Crippen LogP contribution is -2.37. The second-order valence-corrected chi connectivity index (χ2v) is 8.23. The summed E-state index contributed by atoms with van der Waals surface area (Å²) in [5.74, 6) is 0.784. The Morgan fingerprint density at radius 3 is 2.32 bits per heavy atom. The summed E-state index contributed by atoms with van der Waals surface area (Å²) in [6.07, 6.45) is 2.23. The second kappa shape index (κ2) is 10.4. The predicted octanol–water partition coefficient (Wildman–Crippen LogP) is 2.57. The monoisotopic (exact) mass is 368 g/mol. The van der Waals surface area contributed by atoms with Crippen molar-refractivity contribution in [1.29, 1.82) is 0 Å². The molecule has 0 radical (unpaired) electrons. The molecule has 1 aromatic rings. The smallest absolute Gasteiger partial charge is 0.243 e. The van der Waals surface area contributed by atoms with Gasteiger partial charge in [-0.25, -0.2) is 13.4 Å². The Morgan fingerprint density at radius 1 is 1.16 bits per heavy atom. The van der Waals surface area contributed by atoms with Gasteiger partial charge in [0.1, 0.15) is 0 Å². The van der Waals surface area contributed by atoms with Crippen molar-refractivity contribution >= 4 is 16.0 Å². The highest BCUT2D eigenvalue weighted by Gasteiger charge is 2.22. The van der Waals surface area contributed by atoms with Gasteiger partial charge in [0.2, 0.25) is 10.0 Å². The summed E-state index contributed by atoms with van der Waals surface area (Å²) in [4.78, 5) is 4.85. The lowest BCUT2D eigenvalue weighted by molar-refractivity contribution is 0.410. The zero-order valence-corrected chi connectivity index (χ0v) is 16.9. The maximum absolute atomic E-state index is 12.5. The van der Waals surface area contributed by atoms with Crippen LogP contribution in [0, 0.1) is 0 Å². The van der Waals surface area contributed by atoms with Gasteiger partial charge in [-0.15, -0.1) is 0 Å². The van der Waals surface area contributed by atoms with Crippen LogP contribution in [0.25, 0.3) is 0 Å². The quantitative estimate of drug-likeness (QED) is 0.399. The zero-order valence-electron chi connectivity index (χ0n) is 16.0. The molecule has 0 aliphatic heterocycles. The minimum absolute atomic E-state index is 0.0776. The highest BCUT2D eigenvalue weighted by Crippen LogP contribution is 2.17. The molecular formula is C18H32N4O2S. The second-order valence-electron chi connectivity index (χ2n) is 6.23. The molecule has 0 unspecified atom stereocenters. The van der Waals surface area contributed by atoms with E-state index >= 15 is 0 Å². The molecule has 1 aromatic carbocycles. The molecule has 1 rings (SSSR count). The van der Waals surface area contributed by atoms with Crippen molar-refractivity contribution in [3.8, 4) is 0 Å². The van der Waals surface area contributed by atoms with Crippen LogP contribution in [-0.4, -0.2) is 44.9 Å². The van der Waals surface area contributed by atoms with Crippen LogP contribution in [0.2, 0.25) is 0 Å². The Hall–Kier alpha value is -1.60. The van der Waals surface area contributed by atoms with E-state index in [-0.39, 0.29) is 6.04 Å². The third kappa shape index (κ3) is 6.66. The maximum atomic E-state index is 12.5. The Bertz CT molecular complexity index is 640. The fraction of sp³-hybridized carbons (Fsp3) is 0.611. The van der Waals surface area contributed by atoms with E-state index in [0.717, 1.165) is 37.5 Å². The topological polar surface area (TPSA) is 73.8 Å². The van der Waals surface area contributed by atoms with Gasteiger partial charge < -0.3 is 10.6 Å². The molecule has 25 heavy (non-hydrogen) atoms. The third-order valence-electron chi connectivity index (χ3n) is 3.91. The molecule has 0 aliphatic carbocycles. The number of hydrogen-bond acceptors (Lipinski definition) is 3. The van der Waals surface area contributed by atoms with Crippen molar-refractivity contribution in [2.24, 2.45) is 4.99 Å². The fourth-order valence-electron chi connectivity index (χ4n) is 2.11. The van der Waals surface area contributed by atoms with Crippen molar-refractivity contribution < 1.29 is 8.42 Å². The fourth-order valence-corrected chi connectivity index (χ4v) is 3.47. The van der Waals surface area contributed by atoms with Gasteiger partial charge in [-0.1, -0.05) is 25.5 Å². The van der Waals surface area contributed by atoms with Gasteiger partial charge in [-0.05, 0) is 44.9 Å². The maximum Gasteiger partial charge on any atom is 0.243 e. The number of nitrogens with zero attached hydrogens (tertiary/aromatic N) is 2. The van der Waals surface area contributed by atoms with Crippen LogP contribution in [0.4, 0.5) is 0 Å². The number of guanidine groups is 1. The van der Waals surface area contributed by atoms with Crippen LogP contribution in [0.15, 0.2) is 34.2 Å². The number of nitrogens with one attached hydrogen (secondary N) is 2. The van der Waals surface area contributed by atoms with Crippen molar-refractivity contribution in [2.45, 2.75) is 58.0 Å². The van der Waals surface area contributed by atoms with Crippen molar-refractivity contribution in [1.82, 2.24) is 14.9 Å². The number of aliphatic imine (C=N–C) groups is 1. The van der Waals surface area contributed by atoms with E-state index in [1.165, 1.54) is 4.31 Å². The Labute approximate surface area is 152 Å². The van der Waals surface area contributed by atoms with Gasteiger partial charge in [0, 0.05) is 26.2 Å². The summed E-state index contributed by atoms with van der Waals surface area (Å²) in [6, 6.07) is 6.86. The van der Waals surface area contributed by atoms with Gasteiger partial charge in [0.25, 0.3) is 0 Å². The van der Waals surface area contributed by atoms with E-state index in [4.69, 9.17) is 0 Å². The molecule has 0 aliphatic rings. The summed E-state index contributed by atoms with van der Waals surface area (Å²) in [7, 11) is -1.84. The molecule has 0 saturated heterocycles. The van der Waals surface area contributed by atoms with E-state index < -0.39 is 10.0 Å². The Balaban J connectivity index is 2.80. The molecule has 0 fully saturated rings. The summed E-state index contributed by atoms with van der Waals surface area (Å²) < 4.78 is 26.3. The average Bonchev–Trinajstić information content (AvgIpc) is 2.59. The number of unbranched alkanes of at least 4 members (excludes halogenated alkanes) is 1. The first-order chi connectivity index (χ1) is 11.8. The molecule has 0 aromatic heterocycles. The SMILES string of the molecule is CCCCNC(=NCc1ccc(S(=O)(=O)N(C)C(C)C)cc1)NCC. The van der Waals surface area contributed by atoms with Gasteiger partial charge in [-0.2, -0.15) is 4.31 Å². The largest absolute Gasteiger partial charge is 0.357 e. The van der Waals surface area contributed by atoms with Crippen LogP contribution < -0.4 is 10.6 Å². The molecule has 0 saturated carbocycles. The first-order valence-electron chi connectivity index (χ1n) is 8.92. The van der Waals surface area contributed by atoms with Crippen LogP contribution in [-0.2, 0) is 16.6 Å². The van der Waals surface area contributed by atoms with Gasteiger partial charge in [0.15, 0.2) is 5.96 Å².